The normalized spacial score (nSPS) is 15.4. The van der Waals surface area contributed by atoms with Gasteiger partial charge in [0.05, 0.1) is 10.6 Å². The number of halogens is 2. The Labute approximate surface area is 191 Å². The molecule has 1 saturated heterocycles. The van der Waals surface area contributed by atoms with Gasteiger partial charge in [-0.1, -0.05) is 27.2 Å². The van der Waals surface area contributed by atoms with Gasteiger partial charge in [0.15, 0.2) is 17.0 Å². The van der Waals surface area contributed by atoms with Crippen LogP contribution in [0.15, 0.2) is 64.2 Å². The number of hydrogen-bond donors (Lipinski definition) is 0. The standard InChI is InChI=1S/C20H17BrFN7O2S/c21-14-4-6-17(7-5-14)32(30,31)28-10-8-27(9-11-28)19-18-20(24-13-23-19)29(26-25-18)16-3-1-2-15(22)12-16/h1-7,12-13H,8-11H2. The van der Waals surface area contributed by atoms with Crippen LogP contribution in [0.5, 0.6) is 0 Å². The van der Waals surface area contributed by atoms with Crippen LogP contribution in [0.1, 0.15) is 0 Å². The van der Waals surface area contributed by atoms with Crippen LogP contribution >= 0.6 is 15.9 Å². The molecule has 0 atom stereocenters. The van der Waals surface area contributed by atoms with Gasteiger partial charge in [-0.05, 0) is 42.5 Å². The molecule has 1 aliphatic rings. The van der Waals surface area contributed by atoms with E-state index in [1.807, 2.05) is 4.90 Å². The fraction of sp³-hybridized carbons (Fsp3) is 0.200. The molecular formula is C20H17BrFN7O2S. The third-order valence-corrected chi connectivity index (χ3v) is 7.70. The summed E-state index contributed by atoms with van der Waals surface area (Å²) in [5, 5.41) is 8.33. The fourth-order valence-electron chi connectivity index (χ4n) is 3.65. The summed E-state index contributed by atoms with van der Waals surface area (Å²) >= 11 is 3.32. The van der Waals surface area contributed by atoms with E-state index in [4.69, 9.17) is 0 Å². The van der Waals surface area contributed by atoms with Crippen LogP contribution in [0, 0.1) is 5.82 Å². The fourth-order valence-corrected chi connectivity index (χ4v) is 5.33. The Hall–Kier alpha value is -2.96. The minimum absolute atomic E-state index is 0.261. The molecule has 0 unspecified atom stereocenters. The highest BCUT2D eigenvalue weighted by molar-refractivity contribution is 9.10. The lowest BCUT2D eigenvalue weighted by Crippen LogP contribution is -2.49. The summed E-state index contributed by atoms with van der Waals surface area (Å²) in [6, 6.07) is 12.6. The van der Waals surface area contributed by atoms with Gasteiger partial charge in [-0.25, -0.2) is 22.8 Å². The van der Waals surface area contributed by atoms with Crippen LogP contribution in [0.3, 0.4) is 0 Å². The van der Waals surface area contributed by atoms with Crippen LogP contribution in [0.4, 0.5) is 10.2 Å². The molecule has 2 aromatic heterocycles. The van der Waals surface area contributed by atoms with Crippen molar-refractivity contribution in [2.45, 2.75) is 4.90 Å². The molecule has 0 bridgehead atoms. The van der Waals surface area contributed by atoms with Gasteiger partial charge in [0.2, 0.25) is 10.0 Å². The van der Waals surface area contributed by atoms with Crippen molar-refractivity contribution in [1.82, 2.24) is 29.3 Å². The lowest BCUT2D eigenvalue weighted by atomic mass is 10.3. The predicted molar refractivity (Wildman–Crippen MR) is 120 cm³/mol. The van der Waals surface area contributed by atoms with Crippen molar-refractivity contribution < 1.29 is 12.8 Å². The van der Waals surface area contributed by atoms with E-state index in [1.165, 1.54) is 27.4 Å². The summed E-state index contributed by atoms with van der Waals surface area (Å²) < 4.78 is 43.3. The number of aromatic nitrogens is 5. The number of hydrogen-bond acceptors (Lipinski definition) is 7. The molecule has 0 amide bonds. The molecule has 4 aromatic rings. The summed E-state index contributed by atoms with van der Waals surface area (Å²) in [4.78, 5) is 10.9. The van der Waals surface area contributed by atoms with Crippen LogP contribution in [0.25, 0.3) is 16.9 Å². The number of nitrogens with zero attached hydrogens (tertiary/aromatic N) is 7. The van der Waals surface area contributed by atoms with Crippen molar-refractivity contribution in [3.8, 4) is 5.69 Å². The number of benzene rings is 2. The van der Waals surface area contributed by atoms with E-state index in [0.717, 1.165) is 4.47 Å². The summed E-state index contributed by atoms with van der Waals surface area (Å²) in [7, 11) is -3.58. The quantitative estimate of drug-likeness (QED) is 0.410. The van der Waals surface area contributed by atoms with Crippen molar-refractivity contribution >= 4 is 42.9 Å². The Morgan fingerprint density at radius 1 is 0.969 bits per heavy atom. The molecule has 2 aromatic carbocycles. The molecule has 1 aliphatic heterocycles. The first kappa shape index (κ1) is 20.9. The zero-order chi connectivity index (χ0) is 22.3. The van der Waals surface area contributed by atoms with Gasteiger partial charge in [-0.3, -0.25) is 0 Å². The van der Waals surface area contributed by atoms with E-state index in [2.05, 4.69) is 36.2 Å². The molecule has 12 heteroatoms. The van der Waals surface area contributed by atoms with Crippen molar-refractivity contribution in [3.63, 3.8) is 0 Å². The first-order chi connectivity index (χ1) is 15.4. The summed E-state index contributed by atoms with van der Waals surface area (Å²) in [5.74, 6) is 0.182. The summed E-state index contributed by atoms with van der Waals surface area (Å²) in [5.41, 5.74) is 1.43. The highest BCUT2D eigenvalue weighted by Gasteiger charge is 2.30. The molecule has 0 aliphatic carbocycles. The molecule has 32 heavy (non-hydrogen) atoms. The van der Waals surface area contributed by atoms with Gasteiger partial charge in [0, 0.05) is 30.7 Å². The lowest BCUT2D eigenvalue weighted by molar-refractivity contribution is 0.384. The summed E-state index contributed by atoms with van der Waals surface area (Å²) in [6.45, 7) is 1.49. The van der Waals surface area contributed by atoms with Crippen LogP contribution in [0.2, 0.25) is 0 Å². The number of sulfonamides is 1. The third kappa shape index (κ3) is 3.74. The maximum Gasteiger partial charge on any atom is 0.243 e. The van der Waals surface area contributed by atoms with Gasteiger partial charge in [-0.2, -0.15) is 8.99 Å². The van der Waals surface area contributed by atoms with Crippen LogP contribution in [-0.2, 0) is 10.0 Å². The SMILES string of the molecule is O=S(=O)(c1ccc(Br)cc1)N1CCN(c2ncnc3c2nnn3-c2cccc(F)c2)CC1. The number of fused-ring (bicyclic) bond motifs is 1. The van der Waals surface area contributed by atoms with E-state index in [1.54, 1.807) is 36.4 Å². The molecule has 0 N–H and O–H groups in total. The molecule has 5 rings (SSSR count). The largest absolute Gasteiger partial charge is 0.352 e. The third-order valence-electron chi connectivity index (χ3n) is 5.26. The molecule has 0 spiro atoms. The Morgan fingerprint density at radius 2 is 1.72 bits per heavy atom. The van der Waals surface area contributed by atoms with Crippen molar-refractivity contribution in [2.75, 3.05) is 31.1 Å². The topological polar surface area (TPSA) is 97.1 Å². The van der Waals surface area contributed by atoms with Gasteiger partial charge >= 0.3 is 0 Å². The molecule has 9 nitrogen and oxygen atoms in total. The first-order valence-corrected chi connectivity index (χ1v) is 12.0. The number of rotatable bonds is 4. The Bertz CT molecular complexity index is 1390. The van der Waals surface area contributed by atoms with E-state index in [0.29, 0.717) is 48.8 Å². The highest BCUT2D eigenvalue weighted by atomic mass is 79.9. The van der Waals surface area contributed by atoms with E-state index in [-0.39, 0.29) is 10.7 Å². The van der Waals surface area contributed by atoms with Gasteiger partial charge in [0.1, 0.15) is 12.1 Å². The lowest BCUT2D eigenvalue weighted by Gasteiger charge is -2.34. The average molecular weight is 518 g/mol. The zero-order valence-electron chi connectivity index (χ0n) is 16.6. The Morgan fingerprint density at radius 3 is 2.44 bits per heavy atom. The number of anilines is 1. The average Bonchev–Trinajstić information content (AvgIpc) is 3.24. The van der Waals surface area contributed by atoms with Crippen LogP contribution in [-0.4, -0.2) is 63.9 Å². The van der Waals surface area contributed by atoms with Crippen LogP contribution < -0.4 is 4.90 Å². The second-order valence-corrected chi connectivity index (χ2v) is 10.0. The second kappa shape index (κ2) is 8.19. The molecule has 164 valence electrons. The maximum absolute atomic E-state index is 13.6. The zero-order valence-corrected chi connectivity index (χ0v) is 19.0. The first-order valence-electron chi connectivity index (χ1n) is 9.76. The highest BCUT2D eigenvalue weighted by Crippen LogP contribution is 2.26. The molecule has 3 heterocycles. The monoisotopic (exact) mass is 517 g/mol. The van der Waals surface area contributed by atoms with E-state index < -0.39 is 10.0 Å². The van der Waals surface area contributed by atoms with Gasteiger partial charge in [0.25, 0.3) is 0 Å². The maximum atomic E-state index is 13.6. The predicted octanol–water partition coefficient (Wildman–Crippen LogP) is 2.62. The minimum atomic E-state index is -3.58. The minimum Gasteiger partial charge on any atom is -0.352 e. The van der Waals surface area contributed by atoms with Crippen molar-refractivity contribution in [3.05, 3.63) is 65.1 Å². The Balaban J connectivity index is 1.39. The molecule has 1 fully saturated rings. The van der Waals surface area contributed by atoms with Gasteiger partial charge < -0.3 is 4.90 Å². The number of piperazine rings is 1. The second-order valence-electron chi connectivity index (χ2n) is 7.20. The Kier molecular flexibility index (Phi) is 5.35. The van der Waals surface area contributed by atoms with Crippen molar-refractivity contribution in [2.24, 2.45) is 0 Å². The molecular weight excluding hydrogens is 501 g/mol. The molecule has 0 saturated carbocycles. The smallest absolute Gasteiger partial charge is 0.243 e. The van der Waals surface area contributed by atoms with Crippen molar-refractivity contribution in [1.29, 1.82) is 0 Å². The van der Waals surface area contributed by atoms with E-state index >= 15 is 0 Å². The molecule has 0 radical (unpaired) electrons. The van der Waals surface area contributed by atoms with E-state index in [9.17, 15) is 12.8 Å². The summed E-state index contributed by atoms with van der Waals surface area (Å²) in [6.07, 6.45) is 1.40. The van der Waals surface area contributed by atoms with Gasteiger partial charge in [-0.15, -0.1) is 5.10 Å².